The highest BCUT2D eigenvalue weighted by atomic mass is 32.2. The fourth-order valence-electron chi connectivity index (χ4n) is 2.16. The molecule has 0 N–H and O–H groups in total. The van der Waals surface area contributed by atoms with Crippen LogP contribution in [-0.4, -0.2) is 5.25 Å². The van der Waals surface area contributed by atoms with E-state index in [2.05, 4.69) is 49.4 Å². The van der Waals surface area contributed by atoms with Gasteiger partial charge >= 0.3 is 0 Å². The van der Waals surface area contributed by atoms with E-state index < -0.39 is 0 Å². The molecule has 1 aliphatic heterocycles. The van der Waals surface area contributed by atoms with Gasteiger partial charge in [0.1, 0.15) is 0 Å². The van der Waals surface area contributed by atoms with Crippen LogP contribution in [0.5, 0.6) is 0 Å². The Balaban J connectivity index is 2.12. The molecule has 0 fully saturated rings. The van der Waals surface area contributed by atoms with Gasteiger partial charge in [0, 0.05) is 16.1 Å². The zero-order valence-electron chi connectivity index (χ0n) is 8.10. The Morgan fingerprint density at radius 1 is 1.14 bits per heavy atom. The third-order valence-electron chi connectivity index (χ3n) is 2.87. The van der Waals surface area contributed by atoms with Crippen molar-refractivity contribution in [2.45, 2.75) is 23.0 Å². The van der Waals surface area contributed by atoms with Gasteiger partial charge in [0.25, 0.3) is 0 Å². The standard InChI is InChI=1S/C13H12S/c1-9-6-7-13-11(8-9)10-4-2-3-5-12(10)14-13/h2-8,10,12H,1H3. The molecule has 0 radical (unpaired) electrons. The first kappa shape index (κ1) is 8.37. The first-order valence-corrected chi connectivity index (χ1v) is 5.85. The number of hydrogen-bond donors (Lipinski definition) is 0. The van der Waals surface area contributed by atoms with Crippen LogP contribution in [0.3, 0.4) is 0 Å². The minimum atomic E-state index is 0.611. The molecule has 0 saturated heterocycles. The fourth-order valence-corrected chi connectivity index (χ4v) is 3.49. The van der Waals surface area contributed by atoms with Gasteiger partial charge in [0.2, 0.25) is 0 Å². The van der Waals surface area contributed by atoms with Gasteiger partial charge in [-0.15, -0.1) is 11.8 Å². The van der Waals surface area contributed by atoms with Crippen molar-refractivity contribution in [1.82, 2.24) is 0 Å². The topological polar surface area (TPSA) is 0 Å². The smallest absolute Gasteiger partial charge is 0.0381 e. The normalized spacial score (nSPS) is 27.5. The largest absolute Gasteiger partial charge is 0.117 e. The van der Waals surface area contributed by atoms with Gasteiger partial charge in [-0.2, -0.15) is 0 Å². The Bertz CT molecular complexity index is 429. The van der Waals surface area contributed by atoms with E-state index in [4.69, 9.17) is 0 Å². The van der Waals surface area contributed by atoms with Gasteiger partial charge in [-0.3, -0.25) is 0 Å². The lowest BCUT2D eigenvalue weighted by Crippen LogP contribution is -2.06. The summed E-state index contributed by atoms with van der Waals surface area (Å²) in [7, 11) is 0. The number of thioether (sulfide) groups is 1. The minimum absolute atomic E-state index is 0.611. The highest BCUT2D eigenvalue weighted by Crippen LogP contribution is 2.47. The van der Waals surface area contributed by atoms with E-state index in [1.807, 2.05) is 11.8 Å². The second-order valence-electron chi connectivity index (χ2n) is 3.92. The van der Waals surface area contributed by atoms with Gasteiger partial charge in [-0.05, 0) is 18.6 Å². The molecule has 0 amide bonds. The summed E-state index contributed by atoms with van der Waals surface area (Å²) < 4.78 is 0. The second-order valence-corrected chi connectivity index (χ2v) is 5.14. The molecule has 14 heavy (non-hydrogen) atoms. The van der Waals surface area contributed by atoms with Gasteiger partial charge < -0.3 is 0 Å². The van der Waals surface area contributed by atoms with E-state index in [0.717, 1.165) is 0 Å². The molecule has 70 valence electrons. The van der Waals surface area contributed by atoms with Crippen LogP contribution in [0.4, 0.5) is 0 Å². The molecule has 2 aliphatic rings. The summed E-state index contributed by atoms with van der Waals surface area (Å²) in [6.07, 6.45) is 8.96. The van der Waals surface area contributed by atoms with Crippen LogP contribution in [0.1, 0.15) is 17.0 Å². The molecule has 0 nitrogen and oxygen atoms in total. The Morgan fingerprint density at radius 2 is 2.00 bits per heavy atom. The first-order chi connectivity index (χ1) is 6.84. The maximum absolute atomic E-state index is 2.33. The van der Waals surface area contributed by atoms with Crippen molar-refractivity contribution in [1.29, 1.82) is 0 Å². The summed E-state index contributed by atoms with van der Waals surface area (Å²) in [5.41, 5.74) is 2.88. The summed E-state index contributed by atoms with van der Waals surface area (Å²) in [4.78, 5) is 1.46. The molecule has 1 aromatic rings. The summed E-state index contributed by atoms with van der Waals surface area (Å²) in [5.74, 6) is 0.611. The van der Waals surface area contributed by atoms with Crippen molar-refractivity contribution in [2.75, 3.05) is 0 Å². The number of allylic oxidation sites excluding steroid dienone is 3. The van der Waals surface area contributed by atoms with Crippen molar-refractivity contribution < 1.29 is 0 Å². The lowest BCUT2D eigenvalue weighted by Gasteiger charge is -2.14. The van der Waals surface area contributed by atoms with Crippen LogP contribution in [-0.2, 0) is 0 Å². The van der Waals surface area contributed by atoms with E-state index in [9.17, 15) is 0 Å². The van der Waals surface area contributed by atoms with Crippen molar-refractivity contribution in [3.05, 3.63) is 53.6 Å². The predicted octanol–water partition coefficient (Wildman–Crippen LogP) is 3.68. The van der Waals surface area contributed by atoms with E-state index in [0.29, 0.717) is 11.2 Å². The lowest BCUT2D eigenvalue weighted by atomic mass is 9.92. The predicted molar refractivity (Wildman–Crippen MR) is 61.8 cm³/mol. The van der Waals surface area contributed by atoms with Crippen molar-refractivity contribution in [3.8, 4) is 0 Å². The molecule has 3 rings (SSSR count). The fraction of sp³-hybridized carbons (Fsp3) is 0.231. The molecule has 0 spiro atoms. The highest BCUT2D eigenvalue weighted by molar-refractivity contribution is 8.00. The van der Waals surface area contributed by atoms with Gasteiger partial charge in [0.15, 0.2) is 0 Å². The molecule has 2 unspecified atom stereocenters. The maximum atomic E-state index is 2.33. The monoisotopic (exact) mass is 200 g/mol. The molecular weight excluding hydrogens is 188 g/mol. The Hall–Kier alpha value is -0.950. The third-order valence-corrected chi connectivity index (χ3v) is 4.22. The van der Waals surface area contributed by atoms with E-state index >= 15 is 0 Å². The van der Waals surface area contributed by atoms with Gasteiger partial charge in [0.05, 0.1) is 0 Å². The third kappa shape index (κ3) is 1.16. The van der Waals surface area contributed by atoms with Crippen LogP contribution in [0.15, 0.2) is 47.4 Å². The molecule has 0 aromatic heterocycles. The lowest BCUT2D eigenvalue weighted by molar-refractivity contribution is 0.879. The number of rotatable bonds is 0. The van der Waals surface area contributed by atoms with E-state index in [1.54, 1.807) is 0 Å². The SMILES string of the molecule is Cc1ccc2c(c1)C1C=CC=CC1S2. The van der Waals surface area contributed by atoms with Crippen molar-refractivity contribution in [2.24, 2.45) is 0 Å². The number of benzene rings is 1. The Morgan fingerprint density at radius 3 is 2.93 bits per heavy atom. The average Bonchev–Trinajstić information content (AvgIpc) is 2.56. The number of fused-ring (bicyclic) bond motifs is 3. The zero-order valence-corrected chi connectivity index (χ0v) is 8.92. The molecule has 1 aromatic carbocycles. The molecule has 0 saturated carbocycles. The molecular formula is C13H12S. The molecule has 2 atom stereocenters. The number of hydrogen-bond acceptors (Lipinski definition) is 1. The summed E-state index contributed by atoms with van der Waals surface area (Å²) in [6, 6.07) is 6.79. The zero-order chi connectivity index (χ0) is 9.54. The average molecular weight is 200 g/mol. The van der Waals surface area contributed by atoms with Crippen molar-refractivity contribution >= 4 is 11.8 Å². The maximum Gasteiger partial charge on any atom is 0.0381 e. The van der Waals surface area contributed by atoms with Crippen LogP contribution >= 0.6 is 11.8 Å². The van der Waals surface area contributed by atoms with Crippen molar-refractivity contribution in [3.63, 3.8) is 0 Å². The van der Waals surface area contributed by atoms with Gasteiger partial charge in [-0.1, -0.05) is 42.0 Å². The molecule has 1 heterocycles. The number of aryl methyl sites for hydroxylation is 1. The molecule has 1 aliphatic carbocycles. The summed E-state index contributed by atoms with van der Waals surface area (Å²) in [5, 5.41) is 0.636. The minimum Gasteiger partial charge on any atom is -0.117 e. The second kappa shape index (κ2) is 3.03. The first-order valence-electron chi connectivity index (χ1n) is 4.97. The van der Waals surface area contributed by atoms with E-state index in [-0.39, 0.29) is 0 Å². The van der Waals surface area contributed by atoms with Crippen LogP contribution < -0.4 is 0 Å². The van der Waals surface area contributed by atoms with Crippen LogP contribution in [0, 0.1) is 6.92 Å². The quantitative estimate of drug-likeness (QED) is 0.615. The Kier molecular flexibility index (Phi) is 1.81. The molecule has 0 bridgehead atoms. The summed E-state index contributed by atoms with van der Waals surface area (Å²) in [6.45, 7) is 2.17. The van der Waals surface area contributed by atoms with E-state index in [1.165, 1.54) is 16.0 Å². The Labute approximate surface area is 88.7 Å². The highest BCUT2D eigenvalue weighted by Gasteiger charge is 2.30. The van der Waals surface area contributed by atoms with Gasteiger partial charge in [-0.25, -0.2) is 0 Å². The summed E-state index contributed by atoms with van der Waals surface area (Å²) >= 11 is 1.99. The van der Waals surface area contributed by atoms with Crippen LogP contribution in [0.2, 0.25) is 0 Å². The molecule has 1 heteroatoms. The van der Waals surface area contributed by atoms with Crippen LogP contribution in [0.25, 0.3) is 0 Å².